The molecule has 0 saturated heterocycles. The van der Waals surface area contributed by atoms with Crippen LogP contribution in [-0.4, -0.2) is 29.6 Å². The normalized spacial score (nSPS) is 16.4. The quantitative estimate of drug-likeness (QED) is 0.536. The monoisotopic (exact) mass is 212 g/mol. The number of rotatable bonds is 1. The first-order valence-corrected chi connectivity index (χ1v) is 5.27. The molecule has 0 atom stereocenters. The molecule has 0 aromatic carbocycles. The van der Waals surface area contributed by atoms with E-state index in [0.29, 0.717) is 4.88 Å². The number of carbonyl (C=O) groups excluding carboxylic acids is 1. The molecule has 5 heteroatoms. The molecule has 2 rings (SSSR count). The van der Waals surface area contributed by atoms with Crippen LogP contribution in [-0.2, 0) is 13.0 Å². The maximum absolute atomic E-state index is 11.1. The van der Waals surface area contributed by atoms with Gasteiger partial charge >= 0.3 is 0 Å². The number of nitrogens with one attached hydrogen (secondary N) is 1. The Kier molecular flexibility index (Phi) is 2.54. The van der Waals surface area contributed by atoms with Crippen molar-refractivity contribution in [2.24, 2.45) is 0 Å². The van der Waals surface area contributed by atoms with Crippen LogP contribution in [0.1, 0.15) is 20.1 Å². The van der Waals surface area contributed by atoms with Crippen molar-refractivity contribution in [3.8, 4) is 0 Å². The van der Waals surface area contributed by atoms with Crippen molar-refractivity contribution in [2.45, 2.75) is 13.0 Å². The van der Waals surface area contributed by atoms with E-state index in [-0.39, 0.29) is 0 Å². The number of amides is 1. The number of thiophene rings is 1. The Bertz CT molecular complexity index is 362. The van der Waals surface area contributed by atoms with Gasteiger partial charge in [0.25, 0.3) is 5.91 Å². The van der Waals surface area contributed by atoms with E-state index in [1.807, 2.05) is 6.07 Å². The number of carbonyl (C=O) groups is 1. The van der Waals surface area contributed by atoms with Crippen molar-refractivity contribution in [1.82, 2.24) is 10.4 Å². The number of likely N-dealkylation sites (N-methyl/N-ethyl adjacent to an activating group) is 1. The molecule has 1 aromatic heterocycles. The number of hydroxylamine groups is 1. The fourth-order valence-electron chi connectivity index (χ4n) is 1.64. The lowest BCUT2D eigenvalue weighted by atomic mass is 10.1. The van der Waals surface area contributed by atoms with Gasteiger partial charge in [-0.3, -0.25) is 10.0 Å². The molecule has 14 heavy (non-hydrogen) atoms. The Balaban J connectivity index is 2.27. The fraction of sp³-hybridized carbons (Fsp3) is 0.444. The average molecular weight is 212 g/mol. The van der Waals surface area contributed by atoms with Crippen molar-refractivity contribution in [2.75, 3.05) is 13.6 Å². The number of fused-ring (bicyclic) bond motifs is 1. The van der Waals surface area contributed by atoms with Gasteiger partial charge in [-0.05, 0) is 25.1 Å². The highest BCUT2D eigenvalue weighted by Crippen LogP contribution is 2.27. The third-order valence-corrected chi connectivity index (χ3v) is 3.62. The van der Waals surface area contributed by atoms with Gasteiger partial charge < -0.3 is 4.90 Å². The van der Waals surface area contributed by atoms with Crippen LogP contribution in [0.3, 0.4) is 0 Å². The Morgan fingerprint density at radius 2 is 2.50 bits per heavy atom. The molecule has 0 radical (unpaired) electrons. The fourth-order valence-corrected chi connectivity index (χ4v) is 2.69. The molecule has 2 N–H and O–H groups in total. The molecule has 1 aromatic rings. The predicted molar refractivity (Wildman–Crippen MR) is 53.6 cm³/mol. The molecule has 0 spiro atoms. The van der Waals surface area contributed by atoms with E-state index >= 15 is 0 Å². The van der Waals surface area contributed by atoms with Crippen molar-refractivity contribution in [3.05, 3.63) is 21.4 Å². The summed E-state index contributed by atoms with van der Waals surface area (Å²) in [4.78, 5) is 15.2. The van der Waals surface area contributed by atoms with E-state index in [1.54, 1.807) is 5.48 Å². The van der Waals surface area contributed by atoms with Gasteiger partial charge in [-0.25, -0.2) is 5.48 Å². The van der Waals surface area contributed by atoms with Gasteiger partial charge in [0.2, 0.25) is 0 Å². The highest BCUT2D eigenvalue weighted by molar-refractivity contribution is 7.14. The van der Waals surface area contributed by atoms with Gasteiger partial charge in [0.1, 0.15) is 0 Å². The van der Waals surface area contributed by atoms with Crippen molar-refractivity contribution in [3.63, 3.8) is 0 Å². The summed E-state index contributed by atoms with van der Waals surface area (Å²) < 4.78 is 0. The summed E-state index contributed by atoms with van der Waals surface area (Å²) in [7, 11) is 2.06. The van der Waals surface area contributed by atoms with Gasteiger partial charge in [-0.1, -0.05) is 0 Å². The summed E-state index contributed by atoms with van der Waals surface area (Å²) in [5, 5.41) is 8.50. The summed E-state index contributed by atoms with van der Waals surface area (Å²) in [5.41, 5.74) is 2.87. The molecule has 0 saturated carbocycles. The summed E-state index contributed by atoms with van der Waals surface area (Å²) in [6.45, 7) is 1.93. The highest BCUT2D eigenvalue weighted by atomic mass is 32.1. The lowest BCUT2D eigenvalue weighted by molar-refractivity contribution is 0.0711. The lowest BCUT2D eigenvalue weighted by Crippen LogP contribution is -2.25. The SMILES string of the molecule is CN1CCc2sc(C(=O)NO)cc2C1. The van der Waals surface area contributed by atoms with Crippen LogP contribution in [0.15, 0.2) is 6.07 Å². The molecule has 1 aliphatic rings. The van der Waals surface area contributed by atoms with E-state index in [9.17, 15) is 4.79 Å². The molecule has 0 bridgehead atoms. The second-order valence-electron chi connectivity index (χ2n) is 3.49. The molecule has 1 aliphatic heterocycles. The Morgan fingerprint density at radius 1 is 1.71 bits per heavy atom. The summed E-state index contributed by atoms with van der Waals surface area (Å²) >= 11 is 1.47. The molecule has 76 valence electrons. The summed E-state index contributed by atoms with van der Waals surface area (Å²) in [5.74, 6) is -0.410. The minimum Gasteiger partial charge on any atom is -0.302 e. The molecule has 1 amide bonds. The standard InChI is InChI=1S/C9H12N2O2S/c1-11-3-2-7-6(5-11)4-8(14-7)9(12)10-13/h4,13H,2-3,5H2,1H3,(H,10,12). The third kappa shape index (κ3) is 1.66. The van der Waals surface area contributed by atoms with Crippen LogP contribution in [0.4, 0.5) is 0 Å². The van der Waals surface area contributed by atoms with E-state index in [1.165, 1.54) is 21.8 Å². The van der Waals surface area contributed by atoms with E-state index in [2.05, 4.69) is 11.9 Å². The molecule has 0 fully saturated rings. The van der Waals surface area contributed by atoms with Gasteiger partial charge in [0.05, 0.1) is 4.88 Å². The number of nitrogens with zero attached hydrogens (tertiary/aromatic N) is 1. The smallest absolute Gasteiger partial charge is 0.284 e. The number of hydrogen-bond donors (Lipinski definition) is 2. The van der Waals surface area contributed by atoms with Crippen LogP contribution in [0.25, 0.3) is 0 Å². The van der Waals surface area contributed by atoms with Gasteiger partial charge in [-0.2, -0.15) is 0 Å². The van der Waals surface area contributed by atoms with Gasteiger partial charge in [0, 0.05) is 18.0 Å². The first-order valence-electron chi connectivity index (χ1n) is 4.45. The Morgan fingerprint density at radius 3 is 3.21 bits per heavy atom. The maximum atomic E-state index is 11.1. The van der Waals surface area contributed by atoms with Crippen LogP contribution in [0.2, 0.25) is 0 Å². The Labute approximate surface area is 86.1 Å². The molecule has 0 unspecified atom stereocenters. The van der Waals surface area contributed by atoms with Gasteiger partial charge in [0.15, 0.2) is 0 Å². The van der Waals surface area contributed by atoms with Gasteiger partial charge in [-0.15, -0.1) is 11.3 Å². The summed E-state index contributed by atoms with van der Waals surface area (Å²) in [6, 6.07) is 1.86. The second-order valence-corrected chi connectivity index (χ2v) is 4.62. The lowest BCUT2D eigenvalue weighted by Gasteiger charge is -2.21. The van der Waals surface area contributed by atoms with Crippen molar-refractivity contribution < 1.29 is 10.0 Å². The topological polar surface area (TPSA) is 52.6 Å². The zero-order valence-electron chi connectivity index (χ0n) is 7.91. The van der Waals surface area contributed by atoms with Crippen LogP contribution >= 0.6 is 11.3 Å². The molecule has 0 aliphatic carbocycles. The molecule has 4 nitrogen and oxygen atoms in total. The van der Waals surface area contributed by atoms with Crippen molar-refractivity contribution in [1.29, 1.82) is 0 Å². The zero-order valence-corrected chi connectivity index (χ0v) is 8.73. The molecular weight excluding hydrogens is 200 g/mol. The first-order chi connectivity index (χ1) is 6.70. The third-order valence-electron chi connectivity index (χ3n) is 2.38. The molecule has 2 heterocycles. The number of hydrogen-bond acceptors (Lipinski definition) is 4. The second kappa shape index (κ2) is 3.68. The maximum Gasteiger partial charge on any atom is 0.284 e. The van der Waals surface area contributed by atoms with Crippen LogP contribution in [0.5, 0.6) is 0 Å². The minimum absolute atomic E-state index is 0.410. The van der Waals surface area contributed by atoms with E-state index in [4.69, 9.17) is 5.21 Å². The molecular formula is C9H12N2O2S. The first kappa shape index (κ1) is 9.64. The average Bonchev–Trinajstić information content (AvgIpc) is 2.59. The highest BCUT2D eigenvalue weighted by Gasteiger charge is 2.18. The summed E-state index contributed by atoms with van der Waals surface area (Å²) in [6.07, 6.45) is 0.995. The van der Waals surface area contributed by atoms with Crippen molar-refractivity contribution >= 4 is 17.2 Å². The Hall–Kier alpha value is -0.910. The van der Waals surface area contributed by atoms with E-state index < -0.39 is 5.91 Å². The van der Waals surface area contributed by atoms with Crippen LogP contribution in [0, 0.1) is 0 Å². The minimum atomic E-state index is -0.410. The predicted octanol–water partition coefficient (Wildman–Crippen LogP) is 0.855. The van der Waals surface area contributed by atoms with E-state index in [0.717, 1.165) is 19.5 Å². The zero-order chi connectivity index (χ0) is 10.1. The van der Waals surface area contributed by atoms with Crippen LogP contribution < -0.4 is 5.48 Å². The largest absolute Gasteiger partial charge is 0.302 e.